The van der Waals surface area contributed by atoms with Crippen molar-refractivity contribution in [3.05, 3.63) is 77.4 Å². The number of ether oxygens (including phenoxy) is 1. The molecule has 128 valence electrons. The minimum absolute atomic E-state index is 0.245. The van der Waals surface area contributed by atoms with Crippen LogP contribution in [0.4, 0.5) is 0 Å². The van der Waals surface area contributed by atoms with E-state index in [0.717, 1.165) is 37.0 Å². The maximum Gasteiger partial charge on any atom is 0.264 e. The van der Waals surface area contributed by atoms with Crippen molar-refractivity contribution in [2.75, 3.05) is 0 Å². The summed E-state index contributed by atoms with van der Waals surface area (Å²) in [5.41, 5.74) is 8.19. The fraction of sp³-hybridized carbons (Fsp3) is 0.300. The van der Waals surface area contributed by atoms with Gasteiger partial charge in [0.15, 0.2) is 12.4 Å². The Morgan fingerprint density at radius 1 is 1.04 bits per heavy atom. The van der Waals surface area contributed by atoms with Gasteiger partial charge < -0.3 is 15.0 Å². The first-order valence-electron chi connectivity index (χ1n) is 8.59. The van der Waals surface area contributed by atoms with E-state index < -0.39 is 5.54 Å². The molecule has 5 heteroatoms. The molecule has 0 amide bonds. The molecule has 2 N–H and O–H groups in total. The molecule has 1 aliphatic rings. The van der Waals surface area contributed by atoms with Gasteiger partial charge in [0.05, 0.1) is 5.54 Å². The van der Waals surface area contributed by atoms with Crippen LogP contribution in [-0.4, -0.2) is 10.1 Å². The fourth-order valence-corrected chi connectivity index (χ4v) is 3.04. The summed E-state index contributed by atoms with van der Waals surface area (Å²) >= 11 is 0. The minimum Gasteiger partial charge on any atom is -0.483 e. The molecule has 0 unspecified atom stereocenters. The maximum absolute atomic E-state index is 6.23. The van der Waals surface area contributed by atoms with Crippen molar-refractivity contribution in [2.24, 2.45) is 5.73 Å². The van der Waals surface area contributed by atoms with Crippen molar-refractivity contribution in [1.29, 1.82) is 0 Å². The van der Waals surface area contributed by atoms with E-state index in [9.17, 15) is 0 Å². The Morgan fingerprint density at radius 2 is 1.80 bits per heavy atom. The molecule has 4 rings (SSSR count). The summed E-state index contributed by atoms with van der Waals surface area (Å²) in [6.45, 7) is 0.245. The second kappa shape index (κ2) is 6.69. The SMILES string of the molecule is NC1(c2noc(COc3ccccc3Cc3ccccc3)n2)CCC1. The summed E-state index contributed by atoms with van der Waals surface area (Å²) in [7, 11) is 0. The van der Waals surface area contributed by atoms with Crippen LogP contribution in [0, 0.1) is 0 Å². The Bertz CT molecular complexity index is 841. The van der Waals surface area contributed by atoms with E-state index in [4.69, 9.17) is 15.0 Å². The average molecular weight is 335 g/mol. The summed E-state index contributed by atoms with van der Waals surface area (Å²) < 4.78 is 11.2. The molecule has 1 aliphatic carbocycles. The average Bonchev–Trinajstić information content (AvgIpc) is 3.09. The lowest BCUT2D eigenvalue weighted by atomic mass is 9.77. The lowest BCUT2D eigenvalue weighted by Crippen LogP contribution is -2.44. The molecular formula is C20H21N3O2. The van der Waals surface area contributed by atoms with Crippen molar-refractivity contribution in [1.82, 2.24) is 10.1 Å². The highest BCUT2D eigenvalue weighted by Crippen LogP contribution is 2.36. The third-order valence-electron chi connectivity index (χ3n) is 4.72. The van der Waals surface area contributed by atoms with Gasteiger partial charge >= 0.3 is 0 Å². The number of benzene rings is 2. The van der Waals surface area contributed by atoms with Crippen LogP contribution in [0.15, 0.2) is 59.1 Å². The Morgan fingerprint density at radius 3 is 2.56 bits per heavy atom. The van der Waals surface area contributed by atoms with Gasteiger partial charge in [0, 0.05) is 6.42 Å². The van der Waals surface area contributed by atoms with E-state index in [0.29, 0.717) is 11.7 Å². The summed E-state index contributed by atoms with van der Waals surface area (Å²) in [6.07, 6.45) is 3.75. The van der Waals surface area contributed by atoms with E-state index in [2.05, 4.69) is 28.3 Å². The Labute approximate surface area is 146 Å². The van der Waals surface area contributed by atoms with Gasteiger partial charge in [-0.1, -0.05) is 53.7 Å². The molecule has 2 aromatic carbocycles. The van der Waals surface area contributed by atoms with E-state index in [1.54, 1.807) is 0 Å². The molecule has 5 nitrogen and oxygen atoms in total. The molecule has 0 spiro atoms. The van der Waals surface area contributed by atoms with Gasteiger partial charge in [-0.25, -0.2) is 0 Å². The summed E-state index contributed by atoms with van der Waals surface area (Å²) in [6, 6.07) is 18.4. The number of nitrogens with zero attached hydrogens (tertiary/aromatic N) is 2. The van der Waals surface area contributed by atoms with Crippen LogP contribution >= 0.6 is 0 Å². The number of nitrogens with two attached hydrogens (primary N) is 1. The van der Waals surface area contributed by atoms with E-state index in [1.165, 1.54) is 5.56 Å². The van der Waals surface area contributed by atoms with E-state index in [1.807, 2.05) is 36.4 Å². The number of para-hydroxylation sites is 1. The Hall–Kier alpha value is -2.66. The lowest BCUT2D eigenvalue weighted by molar-refractivity contribution is 0.222. The Kier molecular flexibility index (Phi) is 4.24. The van der Waals surface area contributed by atoms with E-state index in [-0.39, 0.29) is 6.61 Å². The highest BCUT2D eigenvalue weighted by atomic mass is 16.5. The predicted molar refractivity (Wildman–Crippen MR) is 94.0 cm³/mol. The standard InChI is InChI=1S/C20H21N3O2/c21-20(11-6-12-20)19-22-18(25-23-19)14-24-17-10-5-4-9-16(17)13-15-7-2-1-3-8-15/h1-5,7-10H,6,11-14,21H2. The lowest BCUT2D eigenvalue weighted by Gasteiger charge is -2.34. The molecule has 1 saturated carbocycles. The second-order valence-electron chi connectivity index (χ2n) is 6.58. The zero-order valence-corrected chi connectivity index (χ0v) is 14.0. The molecule has 1 fully saturated rings. The summed E-state index contributed by atoms with van der Waals surface area (Å²) in [4.78, 5) is 4.40. The molecule has 0 atom stereocenters. The van der Waals surface area contributed by atoms with Crippen LogP contribution in [0.1, 0.15) is 42.1 Å². The molecule has 0 radical (unpaired) electrons. The van der Waals surface area contributed by atoms with Crippen LogP contribution in [-0.2, 0) is 18.6 Å². The highest BCUT2D eigenvalue weighted by molar-refractivity contribution is 5.37. The zero-order chi connectivity index (χ0) is 17.1. The van der Waals surface area contributed by atoms with Crippen molar-refractivity contribution in [3.63, 3.8) is 0 Å². The molecule has 1 aromatic heterocycles. The molecule has 0 saturated heterocycles. The van der Waals surface area contributed by atoms with Gasteiger partial charge in [0.25, 0.3) is 5.89 Å². The van der Waals surface area contributed by atoms with Crippen molar-refractivity contribution in [3.8, 4) is 5.75 Å². The first-order valence-corrected chi connectivity index (χ1v) is 8.59. The molecule has 0 aliphatic heterocycles. The monoisotopic (exact) mass is 335 g/mol. The van der Waals surface area contributed by atoms with Crippen LogP contribution in [0.3, 0.4) is 0 Å². The quantitative estimate of drug-likeness (QED) is 0.745. The fourth-order valence-electron chi connectivity index (χ4n) is 3.04. The first-order chi connectivity index (χ1) is 12.2. The topological polar surface area (TPSA) is 74.2 Å². The van der Waals surface area contributed by atoms with Crippen molar-refractivity contribution in [2.45, 2.75) is 37.8 Å². The van der Waals surface area contributed by atoms with Gasteiger partial charge in [-0.15, -0.1) is 0 Å². The number of hydrogen-bond donors (Lipinski definition) is 1. The van der Waals surface area contributed by atoms with E-state index >= 15 is 0 Å². The third-order valence-corrected chi connectivity index (χ3v) is 4.72. The first kappa shape index (κ1) is 15.8. The molecule has 25 heavy (non-hydrogen) atoms. The second-order valence-corrected chi connectivity index (χ2v) is 6.58. The number of aromatic nitrogens is 2. The van der Waals surface area contributed by atoms with Crippen LogP contribution in [0.25, 0.3) is 0 Å². The third kappa shape index (κ3) is 3.42. The van der Waals surface area contributed by atoms with Crippen LogP contribution in [0.5, 0.6) is 5.75 Å². The zero-order valence-electron chi connectivity index (χ0n) is 14.0. The smallest absolute Gasteiger partial charge is 0.264 e. The van der Waals surface area contributed by atoms with Crippen LogP contribution in [0.2, 0.25) is 0 Å². The highest BCUT2D eigenvalue weighted by Gasteiger charge is 2.39. The van der Waals surface area contributed by atoms with Crippen molar-refractivity contribution < 1.29 is 9.26 Å². The van der Waals surface area contributed by atoms with Gasteiger partial charge in [0.1, 0.15) is 5.75 Å². The van der Waals surface area contributed by atoms with Gasteiger partial charge in [-0.05, 0) is 36.5 Å². The number of hydrogen-bond acceptors (Lipinski definition) is 5. The normalized spacial score (nSPS) is 15.6. The predicted octanol–water partition coefficient (Wildman–Crippen LogP) is 3.58. The maximum atomic E-state index is 6.23. The summed E-state index contributed by atoms with van der Waals surface area (Å²) in [5.74, 6) is 1.88. The molecule has 0 bridgehead atoms. The van der Waals surface area contributed by atoms with Crippen LogP contribution < -0.4 is 10.5 Å². The molecule has 3 aromatic rings. The van der Waals surface area contributed by atoms with Gasteiger partial charge in [0.2, 0.25) is 0 Å². The number of rotatable bonds is 6. The van der Waals surface area contributed by atoms with Gasteiger partial charge in [-0.2, -0.15) is 4.98 Å². The molecular weight excluding hydrogens is 314 g/mol. The van der Waals surface area contributed by atoms with Gasteiger partial charge in [-0.3, -0.25) is 0 Å². The van der Waals surface area contributed by atoms with Crippen molar-refractivity contribution >= 4 is 0 Å². The minimum atomic E-state index is -0.410. The molecule has 1 heterocycles. The largest absolute Gasteiger partial charge is 0.483 e. The Balaban J connectivity index is 1.45. The summed E-state index contributed by atoms with van der Waals surface area (Å²) in [5, 5.41) is 4.02.